The largest absolute Gasteiger partial charge is 0.494 e. The molecule has 0 saturated heterocycles. The van der Waals surface area contributed by atoms with Crippen molar-refractivity contribution in [2.75, 3.05) is 11.1 Å². The Labute approximate surface area is 189 Å². The molecule has 0 bridgehead atoms. The van der Waals surface area contributed by atoms with E-state index in [1.165, 1.54) is 27.4 Å². The maximum atomic E-state index is 12.5. The van der Waals surface area contributed by atoms with Gasteiger partial charge in [-0.2, -0.15) is 0 Å². The topological polar surface area (TPSA) is 67.2 Å². The molecule has 4 aromatic rings. The number of fused-ring (bicyclic) bond motifs is 2. The normalized spacial score (nSPS) is 13.3. The molecular weight excluding hydrogens is 426 g/mol. The number of aromatic nitrogens is 2. The summed E-state index contributed by atoms with van der Waals surface area (Å²) in [5, 5.41) is 18.2. The number of anilines is 1. The number of nitrogens with one attached hydrogen (secondary N) is 1. The van der Waals surface area contributed by atoms with E-state index in [0.717, 1.165) is 41.8 Å². The Morgan fingerprint density at radius 2 is 2.03 bits per heavy atom. The van der Waals surface area contributed by atoms with Crippen LogP contribution in [0.1, 0.15) is 29.5 Å². The highest BCUT2D eigenvalue weighted by molar-refractivity contribution is 8.00. The van der Waals surface area contributed by atoms with Gasteiger partial charge in [0.05, 0.1) is 17.3 Å². The van der Waals surface area contributed by atoms with Crippen LogP contribution in [0.4, 0.5) is 5.82 Å². The number of aromatic hydroxyl groups is 1. The number of carbonyl (C=O) groups is 1. The lowest BCUT2D eigenvalue weighted by Crippen LogP contribution is -2.15. The third-order valence-corrected chi connectivity index (χ3v) is 7.67. The lowest BCUT2D eigenvalue weighted by atomic mass is 9.95. The number of thioether (sulfide) groups is 1. The summed E-state index contributed by atoms with van der Waals surface area (Å²) < 4.78 is 3.25. The van der Waals surface area contributed by atoms with Crippen LogP contribution in [-0.4, -0.2) is 26.3 Å². The summed E-state index contributed by atoms with van der Waals surface area (Å²) in [6.45, 7) is 0.592. The zero-order valence-corrected chi connectivity index (χ0v) is 18.6. The Morgan fingerprint density at radius 1 is 1.16 bits per heavy atom. The van der Waals surface area contributed by atoms with Gasteiger partial charge in [-0.1, -0.05) is 23.9 Å². The number of thiophene rings is 1. The minimum absolute atomic E-state index is 0.0970. The number of rotatable bonds is 6. The van der Waals surface area contributed by atoms with Crippen molar-refractivity contribution in [3.8, 4) is 5.88 Å². The van der Waals surface area contributed by atoms with E-state index in [9.17, 15) is 9.90 Å². The summed E-state index contributed by atoms with van der Waals surface area (Å²) in [6, 6.07) is 14.0. The molecule has 31 heavy (non-hydrogen) atoms. The van der Waals surface area contributed by atoms with Gasteiger partial charge in [-0.25, -0.2) is 4.98 Å². The number of benzene rings is 1. The van der Waals surface area contributed by atoms with Gasteiger partial charge in [-0.3, -0.25) is 4.79 Å². The van der Waals surface area contributed by atoms with Crippen LogP contribution in [0.5, 0.6) is 5.88 Å². The van der Waals surface area contributed by atoms with Crippen molar-refractivity contribution in [3.05, 3.63) is 70.7 Å². The van der Waals surface area contributed by atoms with E-state index in [-0.39, 0.29) is 11.7 Å². The molecule has 0 unspecified atom stereocenters. The van der Waals surface area contributed by atoms with Gasteiger partial charge in [0, 0.05) is 16.5 Å². The van der Waals surface area contributed by atoms with Gasteiger partial charge in [0.15, 0.2) is 5.88 Å². The molecule has 7 heteroatoms. The number of pyridine rings is 1. The second kappa shape index (κ2) is 8.77. The third-order valence-electron chi connectivity index (χ3n) is 5.63. The summed E-state index contributed by atoms with van der Waals surface area (Å²) in [6.07, 6.45) is 5.71. The van der Waals surface area contributed by atoms with Crippen LogP contribution in [-0.2, 0) is 24.2 Å². The molecule has 1 aliphatic rings. The van der Waals surface area contributed by atoms with Gasteiger partial charge < -0.3 is 15.0 Å². The molecule has 0 aliphatic heterocycles. The van der Waals surface area contributed by atoms with Crippen LogP contribution < -0.4 is 5.32 Å². The number of hydrogen-bond donors (Lipinski definition) is 2. The first-order valence-corrected chi connectivity index (χ1v) is 12.3. The molecule has 0 atom stereocenters. The van der Waals surface area contributed by atoms with Gasteiger partial charge in [0.1, 0.15) is 5.82 Å². The van der Waals surface area contributed by atoms with Crippen LogP contribution in [0.3, 0.4) is 0 Å². The minimum Gasteiger partial charge on any atom is -0.494 e. The van der Waals surface area contributed by atoms with Gasteiger partial charge in [-0.05, 0) is 77.9 Å². The molecule has 1 amide bonds. The first-order valence-electron chi connectivity index (χ1n) is 10.4. The van der Waals surface area contributed by atoms with Crippen molar-refractivity contribution in [1.82, 2.24) is 9.55 Å². The van der Waals surface area contributed by atoms with E-state index < -0.39 is 0 Å². The average molecular weight is 450 g/mol. The summed E-state index contributed by atoms with van der Waals surface area (Å²) >= 11 is 3.23. The lowest BCUT2D eigenvalue weighted by Gasteiger charge is -2.13. The summed E-state index contributed by atoms with van der Waals surface area (Å²) in [4.78, 5) is 16.7. The van der Waals surface area contributed by atoms with Gasteiger partial charge in [0.2, 0.25) is 5.91 Å². The fraction of sp³-hybridized carbons (Fsp3) is 0.250. The molecule has 0 fully saturated rings. The van der Waals surface area contributed by atoms with Crippen LogP contribution in [0, 0.1) is 0 Å². The van der Waals surface area contributed by atoms with E-state index in [1.807, 2.05) is 16.7 Å². The maximum Gasteiger partial charge on any atom is 0.235 e. The van der Waals surface area contributed by atoms with E-state index >= 15 is 0 Å². The van der Waals surface area contributed by atoms with Crippen LogP contribution >= 0.6 is 23.1 Å². The number of carbonyl (C=O) groups excluding carboxylic acids is 1. The van der Waals surface area contributed by atoms with Gasteiger partial charge >= 0.3 is 0 Å². The Balaban J connectivity index is 1.40. The van der Waals surface area contributed by atoms with E-state index in [2.05, 4.69) is 39.9 Å². The SMILES string of the molecule is O=C(CSc1c2c(c(O)n1Cc1ccc3sccc3c1)CCCC2)Nc1ccccn1. The number of hydrogen-bond acceptors (Lipinski definition) is 5. The zero-order valence-electron chi connectivity index (χ0n) is 17.0. The predicted octanol–water partition coefficient (Wildman–Crippen LogP) is 5.46. The third kappa shape index (κ3) is 4.20. The van der Waals surface area contributed by atoms with Crippen molar-refractivity contribution in [3.63, 3.8) is 0 Å². The fourth-order valence-corrected chi connectivity index (χ4v) is 5.99. The second-order valence-electron chi connectivity index (χ2n) is 7.72. The Hall–Kier alpha value is -2.77. The summed E-state index contributed by atoms with van der Waals surface area (Å²) in [5.74, 6) is 1.08. The Kier molecular flexibility index (Phi) is 5.70. The molecule has 1 aliphatic carbocycles. The molecule has 2 N–H and O–H groups in total. The van der Waals surface area contributed by atoms with E-state index in [4.69, 9.17) is 0 Å². The highest BCUT2D eigenvalue weighted by atomic mass is 32.2. The minimum atomic E-state index is -0.0970. The molecule has 3 heterocycles. The predicted molar refractivity (Wildman–Crippen MR) is 127 cm³/mol. The second-order valence-corrected chi connectivity index (χ2v) is 9.64. The first kappa shape index (κ1) is 20.2. The summed E-state index contributed by atoms with van der Waals surface area (Å²) in [5.41, 5.74) is 3.40. The van der Waals surface area contributed by atoms with Gasteiger partial charge in [0.25, 0.3) is 0 Å². The molecule has 3 aromatic heterocycles. The summed E-state index contributed by atoms with van der Waals surface area (Å²) in [7, 11) is 0. The fourth-order valence-electron chi connectivity index (χ4n) is 4.17. The molecular formula is C24H23N3O2S2. The molecule has 1 aromatic carbocycles. The lowest BCUT2D eigenvalue weighted by molar-refractivity contribution is -0.113. The molecule has 0 saturated carbocycles. The molecule has 5 rings (SSSR count). The highest BCUT2D eigenvalue weighted by Gasteiger charge is 2.25. The van der Waals surface area contributed by atoms with Crippen molar-refractivity contribution in [1.29, 1.82) is 0 Å². The van der Waals surface area contributed by atoms with Crippen LogP contribution in [0.15, 0.2) is 59.1 Å². The first-order chi connectivity index (χ1) is 15.2. The number of amides is 1. The van der Waals surface area contributed by atoms with E-state index in [0.29, 0.717) is 18.2 Å². The molecule has 158 valence electrons. The Bertz CT molecular complexity index is 1230. The molecule has 0 radical (unpaired) electrons. The maximum absolute atomic E-state index is 12.5. The van der Waals surface area contributed by atoms with Crippen molar-refractivity contribution in [2.24, 2.45) is 0 Å². The monoisotopic (exact) mass is 449 g/mol. The molecule has 5 nitrogen and oxygen atoms in total. The Morgan fingerprint density at radius 3 is 2.87 bits per heavy atom. The van der Waals surface area contributed by atoms with Crippen molar-refractivity contribution < 1.29 is 9.90 Å². The van der Waals surface area contributed by atoms with Crippen LogP contribution in [0.25, 0.3) is 10.1 Å². The quantitative estimate of drug-likeness (QED) is 0.384. The van der Waals surface area contributed by atoms with Crippen molar-refractivity contribution in [2.45, 2.75) is 37.3 Å². The standard InChI is InChI=1S/C24H23N3O2S2/c28-22(26-21-7-3-4-11-25-21)15-31-24-19-6-2-1-5-18(19)23(29)27(24)14-16-8-9-20-17(13-16)10-12-30-20/h3-4,7-13,29H,1-2,5-6,14-15H2,(H,25,26,28). The van der Waals surface area contributed by atoms with Crippen LogP contribution in [0.2, 0.25) is 0 Å². The molecule has 0 spiro atoms. The number of nitrogens with zero attached hydrogens (tertiary/aromatic N) is 2. The van der Waals surface area contributed by atoms with Gasteiger partial charge in [-0.15, -0.1) is 11.3 Å². The highest BCUT2D eigenvalue weighted by Crippen LogP contribution is 2.40. The zero-order chi connectivity index (χ0) is 21.2. The average Bonchev–Trinajstić information content (AvgIpc) is 3.36. The van der Waals surface area contributed by atoms with Crippen molar-refractivity contribution >= 4 is 44.9 Å². The van der Waals surface area contributed by atoms with E-state index in [1.54, 1.807) is 23.6 Å². The smallest absolute Gasteiger partial charge is 0.235 e.